The van der Waals surface area contributed by atoms with Crippen LogP contribution in [0.4, 0.5) is 11.4 Å². The minimum absolute atomic E-state index is 0.00777. The average molecular weight is 280 g/mol. The lowest BCUT2D eigenvalue weighted by Gasteiger charge is -2.21. The lowest BCUT2D eigenvalue weighted by Crippen LogP contribution is -2.23. The van der Waals surface area contributed by atoms with Crippen molar-refractivity contribution in [1.82, 2.24) is 0 Å². The van der Waals surface area contributed by atoms with Crippen molar-refractivity contribution in [3.8, 4) is 0 Å². The van der Waals surface area contributed by atoms with E-state index in [4.69, 9.17) is 5.73 Å². The molecule has 1 amide bonds. The lowest BCUT2D eigenvalue weighted by molar-refractivity contribution is 0.0997. The molecule has 2 aromatic carbocycles. The second kappa shape index (κ2) is 4.62. The van der Waals surface area contributed by atoms with Crippen molar-refractivity contribution in [3.05, 3.63) is 59.2 Å². The maximum absolute atomic E-state index is 12.5. The van der Waals surface area contributed by atoms with E-state index < -0.39 is 0 Å². The van der Waals surface area contributed by atoms with Crippen molar-refractivity contribution in [2.45, 2.75) is 32.7 Å². The minimum Gasteiger partial charge on any atom is -0.398 e. The van der Waals surface area contributed by atoms with Gasteiger partial charge in [-0.2, -0.15) is 0 Å². The Labute approximate surface area is 125 Å². The number of carbonyl (C=O) groups is 1. The number of fused-ring (bicyclic) bond motifs is 1. The van der Waals surface area contributed by atoms with E-state index in [0.717, 1.165) is 11.3 Å². The molecule has 0 saturated heterocycles. The van der Waals surface area contributed by atoms with Crippen molar-refractivity contribution in [3.63, 3.8) is 0 Å². The summed E-state index contributed by atoms with van der Waals surface area (Å²) in [6, 6.07) is 13.9. The first-order valence-electron chi connectivity index (χ1n) is 7.18. The molecule has 2 aromatic rings. The highest BCUT2D eigenvalue weighted by Crippen LogP contribution is 2.32. The molecule has 2 N–H and O–H groups in total. The predicted molar refractivity (Wildman–Crippen MR) is 86.5 cm³/mol. The minimum atomic E-state index is -0.00777. The Morgan fingerprint density at radius 2 is 1.71 bits per heavy atom. The van der Waals surface area contributed by atoms with Crippen LogP contribution < -0.4 is 10.6 Å². The maximum atomic E-state index is 12.5. The van der Waals surface area contributed by atoms with Gasteiger partial charge in [-0.05, 0) is 34.7 Å². The standard InChI is InChI=1S/C18H20N2O/c1-18(2,3)13-7-9-14(10-8-13)20-11-12-5-4-6-15(19)16(12)17(20)21/h4-10H,11,19H2,1-3H3. The highest BCUT2D eigenvalue weighted by molar-refractivity contribution is 6.13. The van der Waals surface area contributed by atoms with E-state index in [9.17, 15) is 4.79 Å². The van der Waals surface area contributed by atoms with Gasteiger partial charge in [0.25, 0.3) is 5.91 Å². The SMILES string of the molecule is CC(C)(C)c1ccc(N2Cc3cccc(N)c3C2=O)cc1. The van der Waals surface area contributed by atoms with Crippen LogP contribution in [0.5, 0.6) is 0 Å². The normalized spacial score (nSPS) is 14.4. The molecule has 0 spiro atoms. The van der Waals surface area contributed by atoms with Gasteiger partial charge in [0.05, 0.1) is 12.1 Å². The zero-order chi connectivity index (χ0) is 15.2. The Kier molecular flexibility index (Phi) is 3.01. The quantitative estimate of drug-likeness (QED) is 0.809. The third kappa shape index (κ3) is 2.29. The molecule has 1 aliphatic heterocycles. The monoisotopic (exact) mass is 280 g/mol. The van der Waals surface area contributed by atoms with Crippen LogP contribution >= 0.6 is 0 Å². The Hall–Kier alpha value is -2.29. The molecule has 0 unspecified atom stereocenters. The molecule has 0 aliphatic carbocycles. The van der Waals surface area contributed by atoms with Crippen LogP contribution in [0.15, 0.2) is 42.5 Å². The van der Waals surface area contributed by atoms with Crippen molar-refractivity contribution in [2.24, 2.45) is 0 Å². The molecular formula is C18H20N2O. The number of benzene rings is 2. The largest absolute Gasteiger partial charge is 0.398 e. The fourth-order valence-corrected chi connectivity index (χ4v) is 2.74. The summed E-state index contributed by atoms with van der Waals surface area (Å²) in [5, 5.41) is 0. The Balaban J connectivity index is 1.94. The molecule has 0 bridgehead atoms. The van der Waals surface area contributed by atoms with Crippen LogP contribution in [0.1, 0.15) is 42.3 Å². The molecule has 0 saturated carbocycles. The van der Waals surface area contributed by atoms with Crippen molar-refractivity contribution in [1.29, 1.82) is 0 Å². The zero-order valence-corrected chi connectivity index (χ0v) is 12.7. The van der Waals surface area contributed by atoms with Gasteiger partial charge in [-0.3, -0.25) is 4.79 Å². The lowest BCUT2D eigenvalue weighted by atomic mass is 9.87. The third-order valence-electron chi connectivity index (χ3n) is 4.02. The van der Waals surface area contributed by atoms with Gasteiger partial charge >= 0.3 is 0 Å². The van der Waals surface area contributed by atoms with E-state index in [1.807, 2.05) is 24.3 Å². The molecule has 0 aromatic heterocycles. The molecule has 21 heavy (non-hydrogen) atoms. The Bertz CT molecular complexity index is 696. The van der Waals surface area contributed by atoms with E-state index >= 15 is 0 Å². The number of nitrogen functional groups attached to an aromatic ring is 1. The topological polar surface area (TPSA) is 46.3 Å². The van der Waals surface area contributed by atoms with E-state index in [1.165, 1.54) is 5.56 Å². The summed E-state index contributed by atoms with van der Waals surface area (Å²) >= 11 is 0. The first-order chi connectivity index (χ1) is 9.88. The van der Waals surface area contributed by atoms with Gasteiger partial charge in [-0.15, -0.1) is 0 Å². The number of anilines is 2. The summed E-state index contributed by atoms with van der Waals surface area (Å²) in [6.45, 7) is 7.13. The number of hydrogen-bond acceptors (Lipinski definition) is 2. The van der Waals surface area contributed by atoms with Crippen LogP contribution in [0, 0.1) is 0 Å². The molecule has 108 valence electrons. The zero-order valence-electron chi connectivity index (χ0n) is 12.7. The van der Waals surface area contributed by atoms with Gasteiger partial charge < -0.3 is 10.6 Å². The van der Waals surface area contributed by atoms with Crippen molar-refractivity contribution >= 4 is 17.3 Å². The van der Waals surface area contributed by atoms with Crippen LogP contribution in [0.3, 0.4) is 0 Å². The first kappa shape index (κ1) is 13.7. The van der Waals surface area contributed by atoms with Crippen LogP contribution in [0.25, 0.3) is 0 Å². The number of carbonyl (C=O) groups excluding carboxylic acids is 1. The number of hydrogen-bond donors (Lipinski definition) is 1. The molecule has 1 aliphatic rings. The fraction of sp³-hybridized carbons (Fsp3) is 0.278. The smallest absolute Gasteiger partial charge is 0.261 e. The van der Waals surface area contributed by atoms with Gasteiger partial charge in [-0.1, -0.05) is 45.0 Å². The van der Waals surface area contributed by atoms with Gasteiger partial charge in [0.2, 0.25) is 0 Å². The summed E-state index contributed by atoms with van der Waals surface area (Å²) in [5.41, 5.74) is 10.4. The summed E-state index contributed by atoms with van der Waals surface area (Å²) in [7, 11) is 0. The van der Waals surface area contributed by atoms with Crippen molar-refractivity contribution < 1.29 is 4.79 Å². The van der Waals surface area contributed by atoms with E-state index in [0.29, 0.717) is 17.8 Å². The second-order valence-corrected chi connectivity index (χ2v) is 6.57. The molecule has 0 radical (unpaired) electrons. The van der Waals surface area contributed by atoms with Crippen LogP contribution in [-0.4, -0.2) is 5.91 Å². The summed E-state index contributed by atoms with van der Waals surface area (Å²) < 4.78 is 0. The molecule has 3 rings (SSSR count). The number of amides is 1. The molecule has 0 fully saturated rings. The highest BCUT2D eigenvalue weighted by Gasteiger charge is 2.30. The second-order valence-electron chi connectivity index (χ2n) is 6.57. The fourth-order valence-electron chi connectivity index (χ4n) is 2.74. The van der Waals surface area contributed by atoms with Gasteiger partial charge in [0.1, 0.15) is 0 Å². The molecule has 3 nitrogen and oxygen atoms in total. The van der Waals surface area contributed by atoms with Gasteiger partial charge in [-0.25, -0.2) is 0 Å². The van der Waals surface area contributed by atoms with Gasteiger partial charge in [0, 0.05) is 11.4 Å². The van der Waals surface area contributed by atoms with E-state index in [1.54, 1.807) is 11.0 Å². The van der Waals surface area contributed by atoms with E-state index in [2.05, 4.69) is 32.9 Å². The maximum Gasteiger partial charge on any atom is 0.261 e. The third-order valence-corrected chi connectivity index (χ3v) is 4.02. The highest BCUT2D eigenvalue weighted by atomic mass is 16.2. The average Bonchev–Trinajstić information content (AvgIpc) is 2.77. The Morgan fingerprint density at radius 1 is 1.05 bits per heavy atom. The predicted octanol–water partition coefficient (Wildman–Crippen LogP) is 3.73. The number of rotatable bonds is 1. The molecular weight excluding hydrogens is 260 g/mol. The van der Waals surface area contributed by atoms with Crippen LogP contribution in [-0.2, 0) is 12.0 Å². The summed E-state index contributed by atoms with van der Waals surface area (Å²) in [4.78, 5) is 14.3. The van der Waals surface area contributed by atoms with Gasteiger partial charge in [0.15, 0.2) is 0 Å². The van der Waals surface area contributed by atoms with E-state index in [-0.39, 0.29) is 11.3 Å². The molecule has 0 atom stereocenters. The number of nitrogens with two attached hydrogens (primary N) is 1. The van der Waals surface area contributed by atoms with Crippen LogP contribution in [0.2, 0.25) is 0 Å². The number of nitrogens with zero attached hydrogens (tertiary/aromatic N) is 1. The molecule has 3 heteroatoms. The van der Waals surface area contributed by atoms with Crippen molar-refractivity contribution in [2.75, 3.05) is 10.6 Å². The first-order valence-corrected chi connectivity index (χ1v) is 7.18. The Morgan fingerprint density at radius 3 is 2.29 bits per heavy atom. The molecule has 1 heterocycles. The summed E-state index contributed by atoms with van der Waals surface area (Å²) in [6.07, 6.45) is 0. The summed E-state index contributed by atoms with van der Waals surface area (Å²) in [5.74, 6) is -0.00777.